The Morgan fingerprint density at radius 2 is 1.36 bits per heavy atom. The van der Waals surface area contributed by atoms with Gasteiger partial charge in [-0.3, -0.25) is 9.36 Å². The third kappa shape index (κ3) is 1.72. The van der Waals surface area contributed by atoms with Gasteiger partial charge in [-0.1, -0.05) is 36.4 Å². The molecular formula is C19H16N2O. The van der Waals surface area contributed by atoms with E-state index in [-0.39, 0.29) is 5.91 Å². The van der Waals surface area contributed by atoms with Crippen LogP contribution in [-0.4, -0.2) is 15.0 Å². The molecule has 0 saturated heterocycles. The Morgan fingerprint density at radius 3 is 2.05 bits per heavy atom. The molecule has 4 aromatic rings. The summed E-state index contributed by atoms with van der Waals surface area (Å²) in [4.78, 5) is 11.9. The largest absolute Gasteiger partial charge is 0.350 e. The molecule has 0 unspecified atom stereocenters. The number of hydrogen-bond donors (Lipinski definition) is 0. The van der Waals surface area contributed by atoms with Crippen molar-refractivity contribution in [3.63, 3.8) is 0 Å². The lowest BCUT2D eigenvalue weighted by Gasteiger charge is -1.97. The molecule has 0 radical (unpaired) electrons. The average Bonchev–Trinajstić information content (AvgIpc) is 3.06. The van der Waals surface area contributed by atoms with E-state index in [1.54, 1.807) is 11.5 Å². The Kier molecular flexibility index (Phi) is 2.70. The fourth-order valence-electron chi connectivity index (χ4n) is 3.21. The number of nitrogens with zero attached hydrogens (tertiary/aromatic N) is 2. The molecule has 0 bridgehead atoms. The first kappa shape index (κ1) is 12.9. The summed E-state index contributed by atoms with van der Waals surface area (Å²) in [7, 11) is 2.05. The van der Waals surface area contributed by atoms with Crippen molar-refractivity contribution >= 4 is 27.7 Å². The maximum Gasteiger partial charge on any atom is 0.227 e. The summed E-state index contributed by atoms with van der Waals surface area (Å²) < 4.78 is 3.86. The Labute approximate surface area is 128 Å². The monoisotopic (exact) mass is 288 g/mol. The van der Waals surface area contributed by atoms with Crippen molar-refractivity contribution in [1.82, 2.24) is 9.13 Å². The fraction of sp³-hybridized carbons (Fsp3) is 0.105. The van der Waals surface area contributed by atoms with E-state index >= 15 is 0 Å². The first-order valence-corrected chi connectivity index (χ1v) is 7.32. The van der Waals surface area contributed by atoms with Crippen molar-refractivity contribution in [2.75, 3.05) is 0 Å². The van der Waals surface area contributed by atoms with Crippen LogP contribution < -0.4 is 0 Å². The number of benzene rings is 2. The molecule has 0 N–H and O–H groups in total. The van der Waals surface area contributed by atoms with Gasteiger partial charge in [-0.05, 0) is 12.1 Å². The minimum absolute atomic E-state index is 0.0303. The van der Waals surface area contributed by atoms with Crippen LogP contribution >= 0.6 is 0 Å². The molecule has 22 heavy (non-hydrogen) atoms. The van der Waals surface area contributed by atoms with Crippen LogP contribution in [0.3, 0.4) is 0 Å². The zero-order valence-corrected chi connectivity index (χ0v) is 12.6. The maximum absolute atomic E-state index is 11.9. The van der Waals surface area contributed by atoms with Crippen LogP contribution in [0.4, 0.5) is 0 Å². The quantitative estimate of drug-likeness (QED) is 0.508. The highest BCUT2D eigenvalue weighted by atomic mass is 16.1. The number of fused-ring (bicyclic) bond motifs is 2. The summed E-state index contributed by atoms with van der Waals surface area (Å²) in [5, 5.41) is 2.31. The third-order valence-electron chi connectivity index (χ3n) is 4.24. The van der Waals surface area contributed by atoms with Gasteiger partial charge in [-0.25, -0.2) is 0 Å². The Bertz CT molecular complexity index is 1020. The molecule has 2 aromatic heterocycles. The molecule has 4 rings (SSSR count). The normalized spacial score (nSPS) is 11.4. The average molecular weight is 288 g/mol. The van der Waals surface area contributed by atoms with E-state index < -0.39 is 0 Å². The summed E-state index contributed by atoms with van der Waals surface area (Å²) in [6.45, 7) is 1.60. The Morgan fingerprint density at radius 1 is 0.818 bits per heavy atom. The lowest BCUT2D eigenvalue weighted by molar-refractivity contribution is 0.0942. The van der Waals surface area contributed by atoms with Crippen LogP contribution in [-0.2, 0) is 7.05 Å². The minimum Gasteiger partial charge on any atom is -0.350 e. The van der Waals surface area contributed by atoms with Gasteiger partial charge in [-0.15, -0.1) is 0 Å². The zero-order chi connectivity index (χ0) is 15.3. The van der Waals surface area contributed by atoms with Crippen molar-refractivity contribution < 1.29 is 4.79 Å². The first-order valence-electron chi connectivity index (χ1n) is 7.32. The van der Waals surface area contributed by atoms with E-state index in [1.165, 1.54) is 10.9 Å². The van der Waals surface area contributed by atoms with Gasteiger partial charge in [0.05, 0.1) is 5.52 Å². The molecule has 0 aliphatic carbocycles. The zero-order valence-electron chi connectivity index (χ0n) is 12.6. The summed E-state index contributed by atoms with van der Waals surface area (Å²) in [6, 6.07) is 16.4. The molecule has 3 heteroatoms. The van der Waals surface area contributed by atoms with Crippen LogP contribution in [0.25, 0.3) is 32.9 Å². The number of hydrogen-bond acceptors (Lipinski definition) is 1. The minimum atomic E-state index is 0.0303. The van der Waals surface area contributed by atoms with Crippen LogP contribution in [0.1, 0.15) is 11.7 Å². The van der Waals surface area contributed by atoms with Crippen molar-refractivity contribution in [2.24, 2.45) is 7.05 Å². The molecule has 108 valence electrons. The number of para-hydroxylation sites is 2. The molecule has 2 heterocycles. The summed E-state index contributed by atoms with van der Waals surface area (Å²) >= 11 is 0. The highest BCUT2D eigenvalue weighted by Crippen LogP contribution is 2.36. The summed E-state index contributed by atoms with van der Waals surface area (Å²) in [6.07, 6.45) is 4.09. The smallest absolute Gasteiger partial charge is 0.227 e. The second-order valence-electron chi connectivity index (χ2n) is 5.62. The number of carbonyl (C=O) groups is 1. The van der Waals surface area contributed by atoms with Gasteiger partial charge in [0.25, 0.3) is 0 Å². The van der Waals surface area contributed by atoms with Gasteiger partial charge in [0.2, 0.25) is 5.91 Å². The maximum atomic E-state index is 11.9. The van der Waals surface area contributed by atoms with Gasteiger partial charge in [0, 0.05) is 53.8 Å². The predicted octanol–water partition coefficient (Wildman–Crippen LogP) is 4.46. The molecule has 0 atom stereocenters. The van der Waals surface area contributed by atoms with E-state index in [9.17, 15) is 4.79 Å². The van der Waals surface area contributed by atoms with Crippen molar-refractivity contribution in [3.8, 4) is 11.1 Å². The number of carbonyl (C=O) groups excluding carboxylic acids is 1. The molecule has 0 aliphatic heterocycles. The summed E-state index contributed by atoms with van der Waals surface area (Å²) in [5.41, 5.74) is 4.41. The number of rotatable bonds is 1. The van der Waals surface area contributed by atoms with E-state index in [1.807, 2.05) is 30.5 Å². The van der Waals surface area contributed by atoms with Gasteiger partial charge in [0.1, 0.15) is 0 Å². The molecule has 3 nitrogen and oxygen atoms in total. The molecule has 0 fully saturated rings. The molecule has 2 aromatic carbocycles. The third-order valence-corrected chi connectivity index (χ3v) is 4.24. The van der Waals surface area contributed by atoms with E-state index in [2.05, 4.69) is 42.1 Å². The topological polar surface area (TPSA) is 26.9 Å². The first-order chi connectivity index (χ1) is 10.7. The van der Waals surface area contributed by atoms with Gasteiger partial charge < -0.3 is 4.57 Å². The lowest BCUT2D eigenvalue weighted by atomic mass is 10.0. The summed E-state index contributed by atoms with van der Waals surface area (Å²) in [5.74, 6) is 0.0303. The van der Waals surface area contributed by atoms with Gasteiger partial charge >= 0.3 is 0 Å². The Hall–Kier alpha value is -2.81. The number of aromatic nitrogens is 2. The van der Waals surface area contributed by atoms with Gasteiger partial charge in [-0.2, -0.15) is 0 Å². The SMILES string of the molecule is CC(=O)n1cc(-c2cn(C)c3ccccc23)c2ccccc21. The highest BCUT2D eigenvalue weighted by Gasteiger charge is 2.15. The van der Waals surface area contributed by atoms with Crippen molar-refractivity contribution in [1.29, 1.82) is 0 Å². The molecule has 0 aliphatic rings. The van der Waals surface area contributed by atoms with Crippen LogP contribution in [0.15, 0.2) is 60.9 Å². The van der Waals surface area contributed by atoms with Crippen molar-refractivity contribution in [2.45, 2.75) is 6.92 Å². The van der Waals surface area contributed by atoms with Crippen LogP contribution in [0, 0.1) is 0 Å². The van der Waals surface area contributed by atoms with E-state index in [0.717, 1.165) is 22.0 Å². The second kappa shape index (κ2) is 4.60. The van der Waals surface area contributed by atoms with E-state index in [0.29, 0.717) is 0 Å². The standard InChI is InChI=1S/C19H16N2O/c1-13(22)21-12-17(15-8-4-6-10-19(15)21)16-11-20(2)18-9-5-3-7-14(16)18/h3-12H,1-2H3. The number of aryl methyl sites for hydroxylation is 1. The highest BCUT2D eigenvalue weighted by molar-refractivity contribution is 6.07. The van der Waals surface area contributed by atoms with Crippen LogP contribution in [0.5, 0.6) is 0 Å². The molecule has 0 spiro atoms. The van der Waals surface area contributed by atoms with E-state index in [4.69, 9.17) is 0 Å². The molecule has 0 amide bonds. The Balaban J connectivity index is 2.11. The van der Waals surface area contributed by atoms with Crippen molar-refractivity contribution in [3.05, 3.63) is 60.9 Å². The van der Waals surface area contributed by atoms with Gasteiger partial charge in [0.15, 0.2) is 0 Å². The second-order valence-corrected chi connectivity index (χ2v) is 5.62. The fourth-order valence-corrected chi connectivity index (χ4v) is 3.21. The lowest BCUT2D eigenvalue weighted by Crippen LogP contribution is -2.02. The van der Waals surface area contributed by atoms with Crippen LogP contribution in [0.2, 0.25) is 0 Å². The predicted molar refractivity (Wildman–Crippen MR) is 90.2 cm³/mol. The molecular weight excluding hydrogens is 272 g/mol. The molecule has 0 saturated carbocycles.